The smallest absolute Gasteiger partial charge is 0.328 e. The van der Waals surface area contributed by atoms with Gasteiger partial charge >= 0.3 is 5.97 Å². The summed E-state index contributed by atoms with van der Waals surface area (Å²) in [7, 11) is 0. The zero-order valence-corrected chi connectivity index (χ0v) is 13.3. The Morgan fingerprint density at radius 2 is 1.86 bits per heavy atom. The van der Waals surface area contributed by atoms with Gasteiger partial charge in [0.15, 0.2) is 0 Å². The van der Waals surface area contributed by atoms with Crippen LogP contribution in [0.3, 0.4) is 0 Å². The lowest BCUT2D eigenvalue weighted by molar-refractivity contribution is -0.131. The van der Waals surface area contributed by atoms with Crippen LogP contribution in [0.25, 0.3) is 6.08 Å². The summed E-state index contributed by atoms with van der Waals surface area (Å²) >= 11 is 3.41. The molecule has 0 aliphatic rings. The van der Waals surface area contributed by atoms with Crippen molar-refractivity contribution in [2.75, 3.05) is 0 Å². The number of aryl methyl sites for hydroxylation is 2. The van der Waals surface area contributed by atoms with Crippen molar-refractivity contribution in [3.8, 4) is 11.5 Å². The minimum atomic E-state index is -0.984. The lowest BCUT2D eigenvalue weighted by atomic mass is 10.1. The highest BCUT2D eigenvalue weighted by molar-refractivity contribution is 9.10. The minimum absolute atomic E-state index is 0.628. The molecular formula is C17H15BrO3. The average Bonchev–Trinajstić information content (AvgIpc) is 2.41. The van der Waals surface area contributed by atoms with Crippen LogP contribution in [0.15, 0.2) is 46.9 Å². The largest absolute Gasteiger partial charge is 0.478 e. The number of aliphatic carboxylic acids is 1. The Morgan fingerprint density at radius 3 is 2.52 bits per heavy atom. The number of rotatable bonds is 4. The second-order valence-electron chi connectivity index (χ2n) is 4.72. The third kappa shape index (κ3) is 4.20. The lowest BCUT2D eigenvalue weighted by Gasteiger charge is -2.12. The van der Waals surface area contributed by atoms with Crippen LogP contribution in [0.5, 0.6) is 11.5 Å². The van der Waals surface area contributed by atoms with Crippen molar-refractivity contribution in [2.45, 2.75) is 13.8 Å². The van der Waals surface area contributed by atoms with Crippen molar-refractivity contribution in [3.05, 3.63) is 63.6 Å². The van der Waals surface area contributed by atoms with Gasteiger partial charge in [-0.1, -0.05) is 27.6 Å². The van der Waals surface area contributed by atoms with Gasteiger partial charge in [0.25, 0.3) is 0 Å². The summed E-state index contributed by atoms with van der Waals surface area (Å²) in [6.07, 6.45) is 2.65. The van der Waals surface area contributed by atoms with Gasteiger partial charge < -0.3 is 9.84 Å². The third-order valence-corrected chi connectivity index (χ3v) is 3.42. The zero-order valence-electron chi connectivity index (χ0n) is 11.8. The number of halogens is 1. The van der Waals surface area contributed by atoms with E-state index in [1.165, 1.54) is 0 Å². The van der Waals surface area contributed by atoms with Crippen molar-refractivity contribution in [1.29, 1.82) is 0 Å². The maximum absolute atomic E-state index is 10.7. The maximum Gasteiger partial charge on any atom is 0.328 e. The van der Waals surface area contributed by atoms with Crippen molar-refractivity contribution in [3.63, 3.8) is 0 Å². The number of ether oxygens (including phenoxy) is 1. The molecule has 0 aromatic heterocycles. The van der Waals surface area contributed by atoms with Gasteiger partial charge in [-0.2, -0.15) is 0 Å². The van der Waals surface area contributed by atoms with Gasteiger partial charge in [0.2, 0.25) is 0 Å². The van der Waals surface area contributed by atoms with Crippen LogP contribution in [0, 0.1) is 13.8 Å². The van der Waals surface area contributed by atoms with Crippen molar-refractivity contribution in [1.82, 2.24) is 0 Å². The van der Waals surface area contributed by atoms with E-state index in [4.69, 9.17) is 9.84 Å². The van der Waals surface area contributed by atoms with Gasteiger partial charge in [-0.05, 0) is 55.8 Å². The molecule has 4 heteroatoms. The predicted octanol–water partition coefficient (Wildman–Crippen LogP) is 4.96. The van der Waals surface area contributed by atoms with Gasteiger partial charge in [0.1, 0.15) is 11.5 Å². The molecule has 0 saturated carbocycles. The Bertz CT molecular complexity index is 705. The molecule has 3 nitrogen and oxygen atoms in total. The van der Waals surface area contributed by atoms with Crippen LogP contribution >= 0.6 is 15.9 Å². The molecule has 0 atom stereocenters. The Labute approximate surface area is 132 Å². The van der Waals surface area contributed by atoms with Gasteiger partial charge in [-0.15, -0.1) is 0 Å². The molecule has 0 saturated heterocycles. The van der Waals surface area contributed by atoms with Gasteiger partial charge in [-0.3, -0.25) is 0 Å². The highest BCUT2D eigenvalue weighted by Gasteiger charge is 2.06. The minimum Gasteiger partial charge on any atom is -0.478 e. The molecule has 0 heterocycles. The van der Waals surface area contributed by atoms with Crippen molar-refractivity contribution >= 4 is 28.0 Å². The normalized spacial score (nSPS) is 10.8. The fourth-order valence-corrected chi connectivity index (χ4v) is 2.37. The molecule has 0 aliphatic heterocycles. The molecule has 0 radical (unpaired) electrons. The molecule has 2 aromatic rings. The molecule has 108 valence electrons. The van der Waals surface area contributed by atoms with E-state index in [9.17, 15) is 4.79 Å². The molecule has 1 N–H and O–H groups in total. The SMILES string of the molecule is Cc1ccc(Oc2ccc(Br)cc2C)c(/C=C/C(=O)O)c1. The summed E-state index contributed by atoms with van der Waals surface area (Å²) < 4.78 is 6.91. The molecule has 2 rings (SSSR count). The van der Waals surface area contributed by atoms with Crippen LogP contribution in [-0.4, -0.2) is 11.1 Å². The monoisotopic (exact) mass is 346 g/mol. The molecule has 0 unspecified atom stereocenters. The summed E-state index contributed by atoms with van der Waals surface area (Å²) in [5, 5.41) is 8.77. The number of carbonyl (C=O) groups is 1. The highest BCUT2D eigenvalue weighted by atomic mass is 79.9. The highest BCUT2D eigenvalue weighted by Crippen LogP contribution is 2.30. The number of carboxylic acids is 1. The number of carboxylic acid groups (broad SMARTS) is 1. The Balaban J connectivity index is 2.37. The second-order valence-corrected chi connectivity index (χ2v) is 5.64. The maximum atomic E-state index is 10.7. The number of benzene rings is 2. The first-order chi connectivity index (χ1) is 9.95. The van der Waals surface area contributed by atoms with Gasteiger partial charge in [-0.25, -0.2) is 4.79 Å². The Hall–Kier alpha value is -2.07. The molecular weight excluding hydrogens is 332 g/mol. The van der Waals surface area contributed by atoms with E-state index in [-0.39, 0.29) is 0 Å². The molecule has 2 aromatic carbocycles. The molecule has 0 bridgehead atoms. The first-order valence-electron chi connectivity index (χ1n) is 6.41. The van der Waals surface area contributed by atoms with Crippen LogP contribution in [0.4, 0.5) is 0 Å². The summed E-state index contributed by atoms with van der Waals surface area (Å²) in [5.74, 6) is 0.387. The quantitative estimate of drug-likeness (QED) is 0.796. The molecule has 0 fully saturated rings. The summed E-state index contributed by atoms with van der Waals surface area (Å²) in [6.45, 7) is 3.91. The summed E-state index contributed by atoms with van der Waals surface area (Å²) in [6, 6.07) is 11.4. The van der Waals surface area contributed by atoms with Gasteiger partial charge in [0, 0.05) is 16.1 Å². The van der Waals surface area contributed by atoms with Crippen molar-refractivity contribution < 1.29 is 14.6 Å². The molecule has 0 amide bonds. The van der Waals surface area contributed by atoms with Crippen LogP contribution in [0.1, 0.15) is 16.7 Å². The predicted molar refractivity (Wildman–Crippen MR) is 86.8 cm³/mol. The first-order valence-corrected chi connectivity index (χ1v) is 7.20. The Morgan fingerprint density at radius 1 is 1.14 bits per heavy atom. The van der Waals surface area contributed by atoms with E-state index >= 15 is 0 Å². The third-order valence-electron chi connectivity index (χ3n) is 2.93. The summed E-state index contributed by atoms with van der Waals surface area (Å²) in [4.78, 5) is 10.7. The van der Waals surface area contributed by atoms with Gasteiger partial charge in [0.05, 0.1) is 0 Å². The van der Waals surface area contributed by atoms with Crippen LogP contribution in [0.2, 0.25) is 0 Å². The standard InChI is InChI=1S/C17H15BrO3/c1-11-3-6-16(13(9-11)4-8-17(19)20)21-15-7-5-14(18)10-12(15)2/h3-10H,1-2H3,(H,19,20)/b8-4+. The van der Waals surface area contributed by atoms with Crippen LogP contribution in [-0.2, 0) is 4.79 Å². The first kappa shape index (κ1) is 15.3. The number of hydrogen-bond donors (Lipinski definition) is 1. The molecule has 0 spiro atoms. The fraction of sp³-hybridized carbons (Fsp3) is 0.118. The van der Waals surface area contributed by atoms with E-state index < -0.39 is 5.97 Å². The van der Waals surface area contributed by atoms with Crippen LogP contribution < -0.4 is 4.74 Å². The molecule has 21 heavy (non-hydrogen) atoms. The zero-order chi connectivity index (χ0) is 15.4. The van der Waals surface area contributed by atoms with E-state index in [1.54, 1.807) is 6.08 Å². The lowest BCUT2D eigenvalue weighted by Crippen LogP contribution is -1.92. The second kappa shape index (κ2) is 6.59. The number of hydrogen-bond acceptors (Lipinski definition) is 2. The van der Waals surface area contributed by atoms with E-state index in [0.29, 0.717) is 5.75 Å². The van der Waals surface area contributed by atoms with E-state index in [0.717, 1.165) is 33.0 Å². The fourth-order valence-electron chi connectivity index (χ4n) is 1.90. The Kier molecular flexibility index (Phi) is 4.81. The van der Waals surface area contributed by atoms with Crippen molar-refractivity contribution in [2.24, 2.45) is 0 Å². The average molecular weight is 347 g/mol. The van der Waals surface area contributed by atoms with E-state index in [1.807, 2.05) is 50.2 Å². The summed E-state index contributed by atoms with van der Waals surface area (Å²) in [5.41, 5.74) is 2.78. The molecule has 0 aliphatic carbocycles. The van der Waals surface area contributed by atoms with E-state index in [2.05, 4.69) is 15.9 Å². The topological polar surface area (TPSA) is 46.5 Å².